The molecule has 0 bridgehead atoms. The van der Waals surface area contributed by atoms with Gasteiger partial charge >= 0.3 is 5.97 Å². The molecule has 0 fully saturated rings. The van der Waals surface area contributed by atoms with E-state index in [4.69, 9.17) is 10.8 Å². The van der Waals surface area contributed by atoms with E-state index in [2.05, 4.69) is 57.5 Å². The second kappa shape index (κ2) is 5.83. The van der Waals surface area contributed by atoms with Crippen LogP contribution >= 0.6 is 0 Å². The largest absolute Gasteiger partial charge is 0.480 e. The SMILES string of the molecule is C[Si](C)(C)c1cccc(CC(N)C(=O)O)c1[Si](C)(C)C. The molecule has 0 aliphatic carbocycles. The first-order chi connectivity index (χ1) is 8.94. The van der Waals surface area contributed by atoms with Crippen LogP contribution in [0.1, 0.15) is 5.56 Å². The minimum atomic E-state index is -1.55. The molecule has 5 heteroatoms. The predicted octanol–water partition coefficient (Wildman–Crippen LogP) is 1.73. The fourth-order valence-electron chi connectivity index (χ4n) is 2.61. The molecule has 0 spiro atoms. The highest BCUT2D eigenvalue weighted by Crippen LogP contribution is 2.12. The highest BCUT2D eigenvalue weighted by molar-refractivity contribution is 6.98. The third-order valence-corrected chi connectivity index (χ3v) is 7.84. The monoisotopic (exact) mass is 309 g/mol. The quantitative estimate of drug-likeness (QED) is 0.814. The normalized spacial score (nSPS) is 14.2. The van der Waals surface area contributed by atoms with Crippen LogP contribution in [0.2, 0.25) is 39.3 Å². The first kappa shape index (κ1) is 17.1. The van der Waals surface area contributed by atoms with Crippen LogP contribution in [0.5, 0.6) is 0 Å². The third-order valence-electron chi connectivity index (χ3n) is 3.47. The van der Waals surface area contributed by atoms with E-state index in [1.165, 1.54) is 10.4 Å². The molecule has 0 saturated heterocycles. The van der Waals surface area contributed by atoms with E-state index in [0.717, 1.165) is 5.56 Å². The first-order valence-electron chi connectivity index (χ1n) is 7.06. The lowest BCUT2D eigenvalue weighted by Gasteiger charge is -2.31. The summed E-state index contributed by atoms with van der Waals surface area (Å²) in [7, 11) is -3.00. The fourth-order valence-corrected chi connectivity index (χ4v) is 8.40. The third kappa shape index (κ3) is 4.04. The summed E-state index contributed by atoms with van der Waals surface area (Å²) in [6, 6.07) is 5.53. The Morgan fingerprint density at radius 2 is 1.70 bits per heavy atom. The summed E-state index contributed by atoms with van der Waals surface area (Å²) in [5.41, 5.74) is 6.88. The molecule has 0 aliphatic rings. The number of rotatable bonds is 5. The van der Waals surface area contributed by atoms with Crippen LogP contribution in [0.25, 0.3) is 0 Å². The van der Waals surface area contributed by atoms with Gasteiger partial charge in [0.2, 0.25) is 0 Å². The number of aliphatic carboxylic acids is 1. The van der Waals surface area contributed by atoms with E-state index in [-0.39, 0.29) is 0 Å². The smallest absolute Gasteiger partial charge is 0.320 e. The predicted molar refractivity (Wildman–Crippen MR) is 91.7 cm³/mol. The minimum Gasteiger partial charge on any atom is -0.480 e. The molecule has 0 aromatic heterocycles. The van der Waals surface area contributed by atoms with Crippen molar-refractivity contribution in [2.45, 2.75) is 51.7 Å². The van der Waals surface area contributed by atoms with Crippen LogP contribution in [0.15, 0.2) is 18.2 Å². The van der Waals surface area contributed by atoms with Crippen molar-refractivity contribution in [3.05, 3.63) is 23.8 Å². The summed E-state index contributed by atoms with van der Waals surface area (Å²) < 4.78 is 0. The summed E-state index contributed by atoms with van der Waals surface area (Å²) in [6.07, 6.45) is 0.424. The van der Waals surface area contributed by atoms with Crippen molar-refractivity contribution in [3.8, 4) is 0 Å². The molecule has 3 N–H and O–H groups in total. The van der Waals surface area contributed by atoms with E-state index < -0.39 is 28.2 Å². The van der Waals surface area contributed by atoms with Crippen LogP contribution in [-0.4, -0.2) is 33.3 Å². The maximum Gasteiger partial charge on any atom is 0.320 e. The van der Waals surface area contributed by atoms with Gasteiger partial charge in [0, 0.05) is 0 Å². The molecule has 0 radical (unpaired) electrons. The molecule has 1 rings (SSSR count). The van der Waals surface area contributed by atoms with Gasteiger partial charge in [-0.2, -0.15) is 0 Å². The van der Waals surface area contributed by atoms with Crippen molar-refractivity contribution in [1.29, 1.82) is 0 Å². The van der Waals surface area contributed by atoms with Gasteiger partial charge in [0.15, 0.2) is 0 Å². The Morgan fingerprint density at radius 1 is 1.15 bits per heavy atom. The van der Waals surface area contributed by atoms with Gasteiger partial charge in [0.05, 0.1) is 16.1 Å². The van der Waals surface area contributed by atoms with Gasteiger partial charge in [-0.3, -0.25) is 4.79 Å². The van der Waals surface area contributed by atoms with Gasteiger partial charge in [0.25, 0.3) is 0 Å². The number of hydrogen-bond donors (Lipinski definition) is 2. The topological polar surface area (TPSA) is 63.3 Å². The van der Waals surface area contributed by atoms with E-state index in [1.54, 1.807) is 0 Å². The highest BCUT2D eigenvalue weighted by Gasteiger charge is 2.30. The zero-order valence-corrected chi connectivity index (χ0v) is 15.4. The maximum atomic E-state index is 11.0. The fraction of sp³-hybridized carbons (Fsp3) is 0.533. The Morgan fingerprint density at radius 3 is 2.10 bits per heavy atom. The summed E-state index contributed by atoms with van der Waals surface area (Å²) in [5, 5.41) is 12.0. The highest BCUT2D eigenvalue weighted by atomic mass is 28.3. The molecule has 112 valence electrons. The number of carboxylic acids is 1. The molecule has 0 heterocycles. The lowest BCUT2D eigenvalue weighted by Crippen LogP contribution is -2.58. The van der Waals surface area contributed by atoms with Crippen molar-refractivity contribution in [2.24, 2.45) is 5.73 Å². The van der Waals surface area contributed by atoms with Crippen LogP contribution in [0.4, 0.5) is 0 Å². The zero-order chi connectivity index (χ0) is 15.7. The Kier molecular flexibility index (Phi) is 5.00. The molecule has 0 amide bonds. The number of hydrogen-bond acceptors (Lipinski definition) is 2. The second-order valence-electron chi connectivity index (χ2n) is 7.49. The molecule has 3 nitrogen and oxygen atoms in total. The van der Waals surface area contributed by atoms with E-state index in [1.807, 2.05) is 0 Å². The second-order valence-corrected chi connectivity index (χ2v) is 17.5. The van der Waals surface area contributed by atoms with E-state index >= 15 is 0 Å². The average Bonchev–Trinajstić information content (AvgIpc) is 2.25. The number of carbonyl (C=O) groups is 1. The van der Waals surface area contributed by atoms with Crippen molar-refractivity contribution < 1.29 is 9.90 Å². The summed E-state index contributed by atoms with van der Waals surface area (Å²) >= 11 is 0. The van der Waals surface area contributed by atoms with Crippen LogP contribution in [0, 0.1) is 0 Å². The molecule has 1 aromatic carbocycles. The molecule has 1 atom stereocenters. The van der Waals surface area contributed by atoms with Crippen LogP contribution < -0.4 is 16.1 Å². The van der Waals surface area contributed by atoms with Crippen molar-refractivity contribution in [3.63, 3.8) is 0 Å². The Hall–Kier alpha value is -0.916. The maximum absolute atomic E-state index is 11.0. The van der Waals surface area contributed by atoms with Crippen molar-refractivity contribution >= 4 is 32.5 Å². The molecule has 0 saturated carbocycles. The summed E-state index contributed by atoms with van der Waals surface area (Å²) in [4.78, 5) is 11.0. The average molecular weight is 310 g/mol. The zero-order valence-electron chi connectivity index (χ0n) is 13.4. The van der Waals surface area contributed by atoms with Crippen LogP contribution in [-0.2, 0) is 11.2 Å². The lowest BCUT2D eigenvalue weighted by atomic mass is 10.1. The summed E-state index contributed by atoms with van der Waals surface area (Å²) in [6.45, 7) is 14.0. The summed E-state index contributed by atoms with van der Waals surface area (Å²) in [5.74, 6) is -0.926. The van der Waals surface area contributed by atoms with Crippen LogP contribution in [0.3, 0.4) is 0 Å². The van der Waals surface area contributed by atoms with Crippen molar-refractivity contribution in [2.75, 3.05) is 0 Å². The van der Waals surface area contributed by atoms with Gasteiger partial charge in [-0.15, -0.1) is 0 Å². The van der Waals surface area contributed by atoms with Gasteiger partial charge < -0.3 is 10.8 Å². The molecular weight excluding hydrogens is 282 g/mol. The minimum absolute atomic E-state index is 0.424. The molecule has 1 unspecified atom stereocenters. The number of benzene rings is 1. The van der Waals surface area contributed by atoms with Gasteiger partial charge in [0.1, 0.15) is 6.04 Å². The Bertz CT molecular complexity index is 502. The lowest BCUT2D eigenvalue weighted by molar-refractivity contribution is -0.138. The molecule has 20 heavy (non-hydrogen) atoms. The molecular formula is C15H27NO2Si2. The number of nitrogens with two attached hydrogens (primary N) is 1. The van der Waals surface area contributed by atoms with Crippen molar-refractivity contribution in [1.82, 2.24) is 0 Å². The van der Waals surface area contributed by atoms with Gasteiger partial charge in [-0.1, -0.05) is 67.9 Å². The standard InChI is InChI=1S/C15H27NO2Si2/c1-19(2,3)13-9-7-8-11(10-12(16)15(17)18)14(13)20(4,5)6/h7-9,12H,10,16H2,1-6H3,(H,17,18). The number of carboxylic acid groups (broad SMARTS) is 1. The van der Waals surface area contributed by atoms with Gasteiger partial charge in [-0.25, -0.2) is 0 Å². The Labute approximate surface area is 124 Å². The molecule has 0 aliphatic heterocycles. The van der Waals surface area contributed by atoms with E-state index in [0.29, 0.717) is 6.42 Å². The Balaban J connectivity index is 3.42. The first-order valence-corrected chi connectivity index (χ1v) is 14.1. The van der Waals surface area contributed by atoms with E-state index in [9.17, 15) is 4.79 Å². The molecule has 1 aromatic rings. The van der Waals surface area contributed by atoms with Gasteiger partial charge in [-0.05, 0) is 12.0 Å².